The molecule has 0 fully saturated rings. The molecule has 0 saturated heterocycles. The van der Waals surface area contributed by atoms with Crippen molar-refractivity contribution in [3.63, 3.8) is 0 Å². The number of carboxylic acid groups (broad SMARTS) is 1. The first-order valence-corrected chi connectivity index (χ1v) is 4.35. The van der Waals surface area contributed by atoms with Crippen molar-refractivity contribution >= 4 is 5.97 Å². The second kappa shape index (κ2) is 3.29. The summed E-state index contributed by atoms with van der Waals surface area (Å²) in [7, 11) is 0. The first-order chi connectivity index (χ1) is 6.66. The average molecular weight is 196 g/mol. The normalized spacial score (nSPS) is 19.6. The van der Waals surface area contributed by atoms with Gasteiger partial charge in [-0.2, -0.15) is 0 Å². The minimum atomic E-state index is -0.972. The summed E-state index contributed by atoms with van der Waals surface area (Å²) >= 11 is 0. The highest BCUT2D eigenvalue weighted by molar-refractivity contribution is 5.73. The molecule has 0 bridgehead atoms. The third-order valence-corrected chi connectivity index (χ3v) is 2.24. The lowest BCUT2D eigenvalue weighted by Crippen LogP contribution is -2.30. The Balaban J connectivity index is 2.27. The minimum absolute atomic E-state index is 0.318. The van der Waals surface area contributed by atoms with Crippen LogP contribution in [0.1, 0.15) is 12.0 Å². The van der Waals surface area contributed by atoms with E-state index in [1.807, 2.05) is 0 Å². The summed E-state index contributed by atoms with van der Waals surface area (Å²) in [5, 5.41) is 8.72. The molecule has 1 aromatic rings. The van der Waals surface area contributed by atoms with Gasteiger partial charge in [-0.1, -0.05) is 0 Å². The minimum Gasteiger partial charge on any atom is -0.479 e. The molecule has 0 aliphatic carbocycles. The maximum atomic E-state index is 12.8. The summed E-state index contributed by atoms with van der Waals surface area (Å²) in [5.41, 5.74) is 0.738. The number of hydrogen-bond donors (Lipinski definition) is 1. The lowest BCUT2D eigenvalue weighted by molar-refractivity contribution is -0.145. The predicted octanol–water partition coefficient (Wildman–Crippen LogP) is 1.60. The maximum absolute atomic E-state index is 12.8. The fourth-order valence-electron chi connectivity index (χ4n) is 1.53. The van der Waals surface area contributed by atoms with Crippen LogP contribution in [0.25, 0.3) is 0 Å². The molecule has 0 unspecified atom stereocenters. The van der Waals surface area contributed by atoms with Gasteiger partial charge in [0.05, 0.1) is 0 Å². The fraction of sp³-hybridized carbons (Fsp3) is 0.300. The number of aryl methyl sites for hydroxylation is 1. The molecule has 4 heteroatoms. The van der Waals surface area contributed by atoms with Crippen LogP contribution >= 0.6 is 0 Å². The maximum Gasteiger partial charge on any atom is 0.344 e. The van der Waals surface area contributed by atoms with Gasteiger partial charge in [0.15, 0.2) is 6.10 Å². The Hall–Kier alpha value is -1.58. The lowest BCUT2D eigenvalue weighted by atomic mass is 10.0. The molecule has 0 aromatic heterocycles. The molecule has 74 valence electrons. The number of rotatable bonds is 1. The molecule has 14 heavy (non-hydrogen) atoms. The quantitative estimate of drug-likeness (QED) is 0.742. The summed E-state index contributed by atoms with van der Waals surface area (Å²) in [6, 6.07) is 4.12. The van der Waals surface area contributed by atoms with E-state index in [0.717, 1.165) is 5.56 Å². The Morgan fingerprint density at radius 1 is 1.57 bits per heavy atom. The van der Waals surface area contributed by atoms with E-state index in [1.165, 1.54) is 18.2 Å². The second-order valence-corrected chi connectivity index (χ2v) is 3.24. The highest BCUT2D eigenvalue weighted by Gasteiger charge is 2.25. The summed E-state index contributed by atoms with van der Waals surface area (Å²) in [6.07, 6.45) is 0.142. The van der Waals surface area contributed by atoms with Crippen LogP contribution in [-0.4, -0.2) is 17.2 Å². The van der Waals surface area contributed by atoms with E-state index in [4.69, 9.17) is 9.84 Å². The molecule has 1 N–H and O–H groups in total. The molecule has 2 rings (SSSR count). The van der Waals surface area contributed by atoms with Gasteiger partial charge < -0.3 is 9.84 Å². The van der Waals surface area contributed by atoms with Crippen molar-refractivity contribution in [2.75, 3.05) is 0 Å². The van der Waals surface area contributed by atoms with E-state index in [0.29, 0.717) is 18.6 Å². The van der Waals surface area contributed by atoms with Crippen molar-refractivity contribution in [3.05, 3.63) is 29.6 Å². The Kier molecular flexibility index (Phi) is 2.11. The van der Waals surface area contributed by atoms with Gasteiger partial charge in [0.1, 0.15) is 11.6 Å². The van der Waals surface area contributed by atoms with Crippen LogP contribution in [0.15, 0.2) is 18.2 Å². The summed E-state index contributed by atoms with van der Waals surface area (Å²) in [5.74, 6) is -0.814. The Labute approximate surface area is 80.1 Å². The van der Waals surface area contributed by atoms with Gasteiger partial charge in [-0.3, -0.25) is 0 Å². The molecule has 3 nitrogen and oxygen atoms in total. The highest BCUT2D eigenvalue weighted by Crippen LogP contribution is 2.28. The molecule has 1 heterocycles. The predicted molar refractivity (Wildman–Crippen MR) is 46.8 cm³/mol. The van der Waals surface area contributed by atoms with Gasteiger partial charge in [-0.05, 0) is 36.6 Å². The summed E-state index contributed by atoms with van der Waals surface area (Å²) in [4.78, 5) is 10.6. The van der Waals surface area contributed by atoms with E-state index in [2.05, 4.69) is 0 Å². The summed E-state index contributed by atoms with van der Waals surface area (Å²) < 4.78 is 18.0. The number of benzene rings is 1. The number of ether oxygens (including phenoxy) is 1. The Bertz CT molecular complexity index is 376. The van der Waals surface area contributed by atoms with Crippen LogP contribution in [0.3, 0.4) is 0 Å². The molecule has 1 aliphatic heterocycles. The molecule has 1 aliphatic rings. The van der Waals surface area contributed by atoms with E-state index in [9.17, 15) is 9.18 Å². The number of fused-ring (bicyclic) bond motifs is 1. The van der Waals surface area contributed by atoms with Crippen molar-refractivity contribution < 1.29 is 19.0 Å². The Morgan fingerprint density at radius 2 is 2.36 bits per heavy atom. The molecule has 0 saturated carbocycles. The molecule has 0 radical (unpaired) electrons. The summed E-state index contributed by atoms with van der Waals surface area (Å²) in [6.45, 7) is 0. The van der Waals surface area contributed by atoms with E-state index in [-0.39, 0.29) is 5.82 Å². The number of carboxylic acids is 1. The third kappa shape index (κ3) is 1.55. The number of halogens is 1. The van der Waals surface area contributed by atoms with E-state index < -0.39 is 12.1 Å². The standard InChI is InChI=1S/C10H9FO3/c11-7-2-4-8-6(5-7)1-3-9(14-8)10(12)13/h2,4-5,9H,1,3H2,(H,12,13)/t9-/m1/s1. The van der Waals surface area contributed by atoms with Crippen molar-refractivity contribution in [2.45, 2.75) is 18.9 Å². The van der Waals surface area contributed by atoms with Gasteiger partial charge in [0.25, 0.3) is 0 Å². The molecular formula is C10H9FO3. The van der Waals surface area contributed by atoms with E-state index >= 15 is 0 Å². The smallest absolute Gasteiger partial charge is 0.344 e. The zero-order valence-corrected chi connectivity index (χ0v) is 7.37. The molecular weight excluding hydrogens is 187 g/mol. The first-order valence-electron chi connectivity index (χ1n) is 4.35. The monoisotopic (exact) mass is 196 g/mol. The number of hydrogen-bond acceptors (Lipinski definition) is 2. The topological polar surface area (TPSA) is 46.5 Å². The van der Waals surface area contributed by atoms with Gasteiger partial charge in [-0.15, -0.1) is 0 Å². The average Bonchev–Trinajstić information content (AvgIpc) is 2.16. The van der Waals surface area contributed by atoms with E-state index in [1.54, 1.807) is 0 Å². The highest BCUT2D eigenvalue weighted by atomic mass is 19.1. The molecule has 0 amide bonds. The third-order valence-electron chi connectivity index (χ3n) is 2.24. The second-order valence-electron chi connectivity index (χ2n) is 3.24. The SMILES string of the molecule is O=C(O)[C@H]1CCc2cc(F)ccc2O1. The van der Waals surface area contributed by atoms with Crippen molar-refractivity contribution in [3.8, 4) is 5.75 Å². The van der Waals surface area contributed by atoms with Gasteiger partial charge in [0, 0.05) is 0 Å². The van der Waals surface area contributed by atoms with Crippen LogP contribution in [0.4, 0.5) is 4.39 Å². The first kappa shape index (κ1) is 8.99. The van der Waals surface area contributed by atoms with Gasteiger partial charge in [0.2, 0.25) is 0 Å². The van der Waals surface area contributed by atoms with Crippen LogP contribution in [0, 0.1) is 5.82 Å². The van der Waals surface area contributed by atoms with Crippen LogP contribution < -0.4 is 4.74 Å². The fourth-order valence-corrected chi connectivity index (χ4v) is 1.53. The van der Waals surface area contributed by atoms with Crippen molar-refractivity contribution in [1.82, 2.24) is 0 Å². The molecule has 0 spiro atoms. The Morgan fingerprint density at radius 3 is 3.07 bits per heavy atom. The largest absolute Gasteiger partial charge is 0.479 e. The zero-order chi connectivity index (χ0) is 10.1. The lowest BCUT2D eigenvalue weighted by Gasteiger charge is -2.22. The molecule has 1 atom stereocenters. The number of aliphatic carboxylic acids is 1. The van der Waals surface area contributed by atoms with Gasteiger partial charge >= 0.3 is 5.97 Å². The van der Waals surface area contributed by atoms with Gasteiger partial charge in [-0.25, -0.2) is 9.18 Å². The van der Waals surface area contributed by atoms with Crippen molar-refractivity contribution in [1.29, 1.82) is 0 Å². The number of carbonyl (C=O) groups is 1. The van der Waals surface area contributed by atoms with Crippen LogP contribution in [0.2, 0.25) is 0 Å². The van der Waals surface area contributed by atoms with Crippen LogP contribution in [-0.2, 0) is 11.2 Å². The van der Waals surface area contributed by atoms with Crippen molar-refractivity contribution in [2.24, 2.45) is 0 Å². The molecule has 1 aromatic carbocycles. The zero-order valence-electron chi connectivity index (χ0n) is 7.37. The van der Waals surface area contributed by atoms with Crippen LogP contribution in [0.5, 0.6) is 5.75 Å².